The Labute approximate surface area is 118 Å². The molecule has 0 fully saturated rings. The lowest BCUT2D eigenvalue weighted by atomic mass is 9.90. The summed E-state index contributed by atoms with van der Waals surface area (Å²) in [6.07, 6.45) is 0. The van der Waals surface area contributed by atoms with E-state index in [0.717, 1.165) is 9.92 Å². The van der Waals surface area contributed by atoms with Crippen molar-refractivity contribution in [1.82, 2.24) is 0 Å². The van der Waals surface area contributed by atoms with Crippen LogP contribution in [0.25, 0.3) is 0 Å². The second-order valence-electron chi connectivity index (χ2n) is 4.66. The number of rotatable bonds is 5. The lowest BCUT2D eigenvalue weighted by molar-refractivity contribution is -0.153. The Hall–Kier alpha value is -0.670. The van der Waals surface area contributed by atoms with Crippen molar-refractivity contribution >= 4 is 29.3 Å². The highest BCUT2D eigenvalue weighted by Gasteiger charge is 2.35. The molecule has 18 heavy (non-hydrogen) atoms. The first-order chi connectivity index (χ1) is 8.37. The van der Waals surface area contributed by atoms with Crippen LogP contribution in [0.1, 0.15) is 27.7 Å². The average molecular weight is 287 g/mol. The van der Waals surface area contributed by atoms with E-state index in [9.17, 15) is 4.79 Å². The molecule has 1 aromatic carbocycles. The van der Waals surface area contributed by atoms with Crippen molar-refractivity contribution in [2.75, 3.05) is 6.61 Å². The Balaban J connectivity index is 2.72. The summed E-state index contributed by atoms with van der Waals surface area (Å²) in [5.41, 5.74) is -0.514. The van der Waals surface area contributed by atoms with Crippen molar-refractivity contribution in [3.63, 3.8) is 0 Å². The van der Waals surface area contributed by atoms with E-state index in [1.165, 1.54) is 0 Å². The number of hydrogen-bond donors (Lipinski definition) is 0. The van der Waals surface area contributed by atoms with Gasteiger partial charge in [-0.05, 0) is 45.0 Å². The molecule has 0 radical (unpaired) electrons. The van der Waals surface area contributed by atoms with Gasteiger partial charge in [0, 0.05) is 15.2 Å². The summed E-state index contributed by atoms with van der Waals surface area (Å²) < 4.78 is 5.11. The Morgan fingerprint density at radius 2 is 1.94 bits per heavy atom. The van der Waals surface area contributed by atoms with Gasteiger partial charge in [-0.2, -0.15) is 0 Å². The smallest absolute Gasteiger partial charge is 0.312 e. The number of ether oxygens (including phenoxy) is 1. The van der Waals surface area contributed by atoms with E-state index in [4.69, 9.17) is 16.3 Å². The highest BCUT2D eigenvalue weighted by atomic mass is 35.5. The lowest BCUT2D eigenvalue weighted by Gasteiger charge is -2.28. The molecule has 0 saturated heterocycles. The van der Waals surface area contributed by atoms with Gasteiger partial charge in [-0.15, -0.1) is 11.8 Å². The normalized spacial score (nSPS) is 13.2. The first-order valence-electron chi connectivity index (χ1n) is 5.97. The molecule has 0 amide bonds. The Morgan fingerprint density at radius 1 is 1.39 bits per heavy atom. The number of esters is 1. The molecule has 0 aliphatic rings. The molecule has 0 saturated carbocycles. The van der Waals surface area contributed by atoms with Gasteiger partial charge < -0.3 is 4.74 Å². The summed E-state index contributed by atoms with van der Waals surface area (Å²) in [5, 5.41) is 0.842. The van der Waals surface area contributed by atoms with E-state index >= 15 is 0 Å². The van der Waals surface area contributed by atoms with Crippen LogP contribution in [0.15, 0.2) is 29.2 Å². The Bertz CT molecular complexity index is 401. The molecule has 2 nitrogen and oxygen atoms in total. The zero-order valence-electron chi connectivity index (χ0n) is 11.2. The number of halogens is 1. The van der Waals surface area contributed by atoms with Crippen molar-refractivity contribution in [3.8, 4) is 0 Å². The fourth-order valence-corrected chi connectivity index (χ4v) is 2.57. The molecule has 0 N–H and O–H groups in total. The first kappa shape index (κ1) is 15.4. The number of carbonyl (C=O) groups excluding carboxylic acids is 1. The van der Waals surface area contributed by atoms with E-state index < -0.39 is 5.41 Å². The summed E-state index contributed by atoms with van der Waals surface area (Å²) in [6.45, 7) is 8.11. The molecular weight excluding hydrogens is 268 g/mol. The van der Waals surface area contributed by atoms with E-state index in [1.54, 1.807) is 11.8 Å². The minimum Gasteiger partial charge on any atom is -0.466 e. The fraction of sp³-hybridized carbons (Fsp3) is 0.500. The minimum atomic E-state index is -0.514. The van der Waals surface area contributed by atoms with Crippen molar-refractivity contribution in [2.45, 2.75) is 37.8 Å². The SMILES string of the molecule is CCOC(=O)C(C)(C)C(C)Sc1ccc(Cl)cc1. The van der Waals surface area contributed by atoms with Gasteiger partial charge in [0.25, 0.3) is 0 Å². The summed E-state index contributed by atoms with van der Waals surface area (Å²) in [6, 6.07) is 7.64. The highest BCUT2D eigenvalue weighted by Crippen LogP contribution is 2.36. The van der Waals surface area contributed by atoms with Crippen LogP contribution in [-0.4, -0.2) is 17.8 Å². The largest absolute Gasteiger partial charge is 0.466 e. The second kappa shape index (κ2) is 6.48. The fourth-order valence-electron chi connectivity index (χ4n) is 1.35. The van der Waals surface area contributed by atoms with Crippen molar-refractivity contribution in [1.29, 1.82) is 0 Å². The Kier molecular flexibility index (Phi) is 5.54. The van der Waals surface area contributed by atoms with Crippen LogP contribution >= 0.6 is 23.4 Å². The lowest BCUT2D eigenvalue weighted by Crippen LogP contribution is -2.35. The summed E-state index contributed by atoms with van der Waals surface area (Å²) in [5.74, 6) is -0.154. The standard InChI is InChI=1S/C14H19ClO2S/c1-5-17-13(16)14(3,4)10(2)18-12-8-6-11(15)7-9-12/h6-10H,5H2,1-4H3. The van der Waals surface area contributed by atoms with E-state index in [-0.39, 0.29) is 11.2 Å². The molecular formula is C14H19ClO2S. The third kappa shape index (κ3) is 3.92. The molecule has 0 heterocycles. The summed E-state index contributed by atoms with van der Waals surface area (Å²) >= 11 is 7.50. The van der Waals surface area contributed by atoms with Crippen molar-refractivity contribution in [3.05, 3.63) is 29.3 Å². The zero-order valence-corrected chi connectivity index (χ0v) is 12.8. The monoisotopic (exact) mass is 286 g/mol. The zero-order chi connectivity index (χ0) is 13.8. The van der Waals surface area contributed by atoms with Gasteiger partial charge >= 0.3 is 5.97 Å². The van der Waals surface area contributed by atoms with E-state index in [2.05, 4.69) is 0 Å². The topological polar surface area (TPSA) is 26.3 Å². The molecule has 0 spiro atoms. The predicted molar refractivity (Wildman–Crippen MR) is 77.2 cm³/mol. The van der Waals surface area contributed by atoms with Gasteiger partial charge in [-0.3, -0.25) is 4.79 Å². The maximum absolute atomic E-state index is 11.9. The summed E-state index contributed by atoms with van der Waals surface area (Å²) in [7, 11) is 0. The van der Waals surface area contributed by atoms with E-state index in [1.807, 2.05) is 52.0 Å². The third-order valence-corrected chi connectivity index (χ3v) is 4.68. The van der Waals surface area contributed by atoms with Gasteiger partial charge in [0.15, 0.2) is 0 Å². The van der Waals surface area contributed by atoms with Crippen molar-refractivity contribution < 1.29 is 9.53 Å². The molecule has 1 unspecified atom stereocenters. The molecule has 100 valence electrons. The second-order valence-corrected chi connectivity index (χ2v) is 6.51. The van der Waals surface area contributed by atoms with E-state index in [0.29, 0.717) is 6.61 Å². The molecule has 1 atom stereocenters. The maximum atomic E-state index is 11.9. The highest BCUT2D eigenvalue weighted by molar-refractivity contribution is 8.00. The number of carbonyl (C=O) groups is 1. The van der Waals surface area contributed by atoms with Crippen LogP contribution in [0.5, 0.6) is 0 Å². The molecule has 4 heteroatoms. The molecule has 0 aromatic heterocycles. The van der Waals surface area contributed by atoms with Crippen LogP contribution in [0.4, 0.5) is 0 Å². The predicted octanol–water partition coefficient (Wildman–Crippen LogP) is 4.41. The third-order valence-electron chi connectivity index (χ3n) is 2.94. The average Bonchev–Trinajstić information content (AvgIpc) is 2.32. The molecule has 0 aliphatic carbocycles. The minimum absolute atomic E-state index is 0.123. The molecule has 0 aliphatic heterocycles. The van der Waals surface area contributed by atoms with Crippen LogP contribution < -0.4 is 0 Å². The Morgan fingerprint density at radius 3 is 2.44 bits per heavy atom. The van der Waals surface area contributed by atoms with Gasteiger partial charge in [-0.25, -0.2) is 0 Å². The first-order valence-corrected chi connectivity index (χ1v) is 7.23. The van der Waals surface area contributed by atoms with Gasteiger partial charge in [0.2, 0.25) is 0 Å². The summed E-state index contributed by atoms with van der Waals surface area (Å²) in [4.78, 5) is 13.0. The molecule has 0 bridgehead atoms. The van der Waals surface area contributed by atoms with Crippen molar-refractivity contribution in [2.24, 2.45) is 5.41 Å². The maximum Gasteiger partial charge on any atom is 0.312 e. The molecule has 1 aromatic rings. The van der Waals surface area contributed by atoms with Gasteiger partial charge in [0.1, 0.15) is 0 Å². The number of thioether (sulfide) groups is 1. The van der Waals surface area contributed by atoms with Crippen LogP contribution in [0.2, 0.25) is 5.02 Å². The van der Waals surface area contributed by atoms with Crippen LogP contribution in [-0.2, 0) is 9.53 Å². The van der Waals surface area contributed by atoms with Crippen LogP contribution in [0.3, 0.4) is 0 Å². The number of benzene rings is 1. The van der Waals surface area contributed by atoms with Gasteiger partial charge in [-0.1, -0.05) is 18.5 Å². The number of hydrogen-bond acceptors (Lipinski definition) is 3. The van der Waals surface area contributed by atoms with Gasteiger partial charge in [0.05, 0.1) is 12.0 Å². The van der Waals surface area contributed by atoms with Crippen LogP contribution in [0, 0.1) is 5.41 Å². The molecule has 1 rings (SSSR count). The quantitative estimate of drug-likeness (QED) is 0.592.